The van der Waals surface area contributed by atoms with Gasteiger partial charge in [0.15, 0.2) is 0 Å². The normalized spacial score (nSPS) is 38.7. The van der Waals surface area contributed by atoms with E-state index in [0.717, 1.165) is 58.5 Å². The van der Waals surface area contributed by atoms with Gasteiger partial charge in [0.1, 0.15) is 0 Å². The van der Waals surface area contributed by atoms with E-state index in [1.807, 2.05) is 0 Å². The highest BCUT2D eigenvalue weighted by molar-refractivity contribution is 4.93. The molecule has 1 spiro atoms. The van der Waals surface area contributed by atoms with E-state index < -0.39 is 0 Å². The smallest absolute Gasteiger partial charge is 0.0939 e. The molecular formula is C16H30N2O3. The Hall–Kier alpha value is -0.200. The SMILES string of the molecule is NNC(CCC1CCCCO1)C1CCOC2(CCOC2)C1. The first-order valence-corrected chi connectivity index (χ1v) is 8.61. The van der Waals surface area contributed by atoms with Gasteiger partial charge in [-0.1, -0.05) is 0 Å². The molecule has 5 heteroatoms. The van der Waals surface area contributed by atoms with E-state index in [-0.39, 0.29) is 5.60 Å². The Kier molecular flexibility index (Phi) is 5.51. The van der Waals surface area contributed by atoms with Crippen molar-refractivity contribution in [1.29, 1.82) is 0 Å². The summed E-state index contributed by atoms with van der Waals surface area (Å²) < 4.78 is 17.4. The number of hydrazine groups is 1. The van der Waals surface area contributed by atoms with Crippen LogP contribution in [-0.2, 0) is 14.2 Å². The molecule has 3 fully saturated rings. The van der Waals surface area contributed by atoms with Gasteiger partial charge in [-0.3, -0.25) is 11.3 Å². The molecule has 0 aromatic heterocycles. The van der Waals surface area contributed by atoms with Crippen molar-refractivity contribution < 1.29 is 14.2 Å². The van der Waals surface area contributed by atoms with Crippen molar-refractivity contribution in [3.63, 3.8) is 0 Å². The Morgan fingerprint density at radius 1 is 1.19 bits per heavy atom. The zero-order valence-electron chi connectivity index (χ0n) is 13.0. The minimum atomic E-state index is -0.0284. The maximum absolute atomic E-state index is 6.03. The Balaban J connectivity index is 1.50. The largest absolute Gasteiger partial charge is 0.378 e. The van der Waals surface area contributed by atoms with Crippen molar-refractivity contribution in [1.82, 2.24) is 5.43 Å². The van der Waals surface area contributed by atoms with Crippen LogP contribution in [0.2, 0.25) is 0 Å². The van der Waals surface area contributed by atoms with Gasteiger partial charge in [0.2, 0.25) is 0 Å². The summed E-state index contributed by atoms with van der Waals surface area (Å²) >= 11 is 0. The highest BCUT2D eigenvalue weighted by Gasteiger charge is 2.42. The third-order valence-electron chi connectivity index (χ3n) is 5.45. The quantitative estimate of drug-likeness (QED) is 0.598. The molecule has 0 bridgehead atoms. The van der Waals surface area contributed by atoms with Gasteiger partial charge in [-0.25, -0.2) is 0 Å². The molecule has 5 nitrogen and oxygen atoms in total. The second-order valence-corrected chi connectivity index (χ2v) is 6.93. The second-order valence-electron chi connectivity index (χ2n) is 6.93. The zero-order valence-corrected chi connectivity index (χ0v) is 13.0. The molecule has 3 saturated heterocycles. The lowest BCUT2D eigenvalue weighted by Gasteiger charge is -2.40. The number of rotatable bonds is 5. The standard InChI is InChI=1S/C16H30N2O3/c17-18-15(5-4-14-3-1-2-8-20-14)13-6-9-21-16(11-13)7-10-19-12-16/h13-15,18H,1-12,17H2. The maximum atomic E-state index is 6.03. The molecule has 21 heavy (non-hydrogen) atoms. The minimum absolute atomic E-state index is 0.0284. The lowest BCUT2D eigenvalue weighted by molar-refractivity contribution is -0.104. The van der Waals surface area contributed by atoms with Crippen molar-refractivity contribution in [3.8, 4) is 0 Å². The van der Waals surface area contributed by atoms with Gasteiger partial charge in [0.05, 0.1) is 18.3 Å². The lowest BCUT2D eigenvalue weighted by Crippen LogP contribution is -2.49. The van der Waals surface area contributed by atoms with E-state index in [2.05, 4.69) is 5.43 Å². The number of nitrogens with one attached hydrogen (secondary N) is 1. The molecule has 0 amide bonds. The fraction of sp³-hybridized carbons (Fsp3) is 1.00. The zero-order chi connectivity index (χ0) is 14.5. The van der Waals surface area contributed by atoms with Gasteiger partial charge in [-0.05, 0) is 50.9 Å². The highest BCUT2D eigenvalue weighted by atomic mass is 16.6. The summed E-state index contributed by atoms with van der Waals surface area (Å²) in [6.07, 6.45) is 9.61. The fourth-order valence-corrected chi connectivity index (χ4v) is 4.13. The molecule has 0 radical (unpaired) electrons. The van der Waals surface area contributed by atoms with E-state index in [9.17, 15) is 0 Å². The fourth-order valence-electron chi connectivity index (χ4n) is 4.13. The van der Waals surface area contributed by atoms with Crippen LogP contribution in [0.5, 0.6) is 0 Å². The molecule has 122 valence electrons. The summed E-state index contributed by atoms with van der Waals surface area (Å²) in [5.74, 6) is 6.44. The summed E-state index contributed by atoms with van der Waals surface area (Å²) in [7, 11) is 0. The summed E-state index contributed by atoms with van der Waals surface area (Å²) in [5, 5.41) is 0. The van der Waals surface area contributed by atoms with E-state index in [0.29, 0.717) is 18.1 Å². The minimum Gasteiger partial charge on any atom is -0.378 e. The molecule has 0 aromatic carbocycles. The van der Waals surface area contributed by atoms with Crippen molar-refractivity contribution in [2.45, 2.75) is 69.1 Å². The lowest BCUT2D eigenvalue weighted by atomic mass is 9.79. The van der Waals surface area contributed by atoms with Gasteiger partial charge in [0, 0.05) is 32.3 Å². The molecule has 3 N–H and O–H groups in total. The molecule has 0 aromatic rings. The van der Waals surface area contributed by atoms with Crippen LogP contribution >= 0.6 is 0 Å². The predicted octanol–water partition coefficient (Wildman–Crippen LogP) is 1.75. The van der Waals surface area contributed by atoms with E-state index in [1.165, 1.54) is 19.3 Å². The molecule has 3 rings (SSSR count). The molecular weight excluding hydrogens is 268 g/mol. The first-order valence-electron chi connectivity index (χ1n) is 8.61. The molecule has 4 unspecified atom stereocenters. The van der Waals surface area contributed by atoms with Crippen LogP contribution in [0, 0.1) is 5.92 Å². The Morgan fingerprint density at radius 3 is 2.86 bits per heavy atom. The van der Waals surface area contributed by atoms with Crippen LogP contribution in [-0.4, -0.2) is 44.2 Å². The van der Waals surface area contributed by atoms with Gasteiger partial charge >= 0.3 is 0 Å². The summed E-state index contributed by atoms with van der Waals surface area (Å²) in [6, 6.07) is 0.372. The average Bonchev–Trinajstić information content (AvgIpc) is 2.97. The molecule has 0 saturated carbocycles. The first-order chi connectivity index (χ1) is 10.3. The van der Waals surface area contributed by atoms with Gasteiger partial charge in [0.25, 0.3) is 0 Å². The molecule has 3 heterocycles. The molecule has 3 aliphatic heterocycles. The van der Waals surface area contributed by atoms with Crippen LogP contribution in [0.1, 0.15) is 51.4 Å². The number of hydrogen-bond acceptors (Lipinski definition) is 5. The molecule has 0 aliphatic carbocycles. The van der Waals surface area contributed by atoms with Crippen LogP contribution in [0.3, 0.4) is 0 Å². The van der Waals surface area contributed by atoms with E-state index in [4.69, 9.17) is 20.1 Å². The van der Waals surface area contributed by atoms with Crippen LogP contribution in [0.4, 0.5) is 0 Å². The van der Waals surface area contributed by atoms with Gasteiger partial charge in [-0.2, -0.15) is 0 Å². The van der Waals surface area contributed by atoms with Crippen LogP contribution < -0.4 is 11.3 Å². The Bertz CT molecular complexity index is 315. The third-order valence-corrected chi connectivity index (χ3v) is 5.45. The third kappa shape index (κ3) is 3.96. The van der Waals surface area contributed by atoms with Gasteiger partial charge < -0.3 is 14.2 Å². The Morgan fingerprint density at radius 2 is 2.14 bits per heavy atom. The van der Waals surface area contributed by atoms with Crippen molar-refractivity contribution in [2.75, 3.05) is 26.4 Å². The van der Waals surface area contributed by atoms with E-state index in [1.54, 1.807) is 0 Å². The van der Waals surface area contributed by atoms with Crippen molar-refractivity contribution in [3.05, 3.63) is 0 Å². The summed E-state index contributed by atoms with van der Waals surface area (Å²) in [6.45, 7) is 3.37. The summed E-state index contributed by atoms with van der Waals surface area (Å²) in [5.41, 5.74) is 3.04. The van der Waals surface area contributed by atoms with Crippen LogP contribution in [0.15, 0.2) is 0 Å². The number of ether oxygens (including phenoxy) is 3. The molecule has 3 aliphatic rings. The monoisotopic (exact) mass is 298 g/mol. The van der Waals surface area contributed by atoms with Crippen molar-refractivity contribution in [2.24, 2.45) is 11.8 Å². The van der Waals surface area contributed by atoms with Crippen LogP contribution in [0.25, 0.3) is 0 Å². The topological polar surface area (TPSA) is 65.7 Å². The first kappa shape index (κ1) is 15.7. The second kappa shape index (κ2) is 7.38. The highest BCUT2D eigenvalue weighted by Crippen LogP contribution is 2.38. The molecule has 4 atom stereocenters. The average molecular weight is 298 g/mol. The Labute approximate surface area is 127 Å². The predicted molar refractivity (Wildman–Crippen MR) is 80.8 cm³/mol. The number of nitrogens with two attached hydrogens (primary N) is 1. The van der Waals surface area contributed by atoms with Crippen molar-refractivity contribution >= 4 is 0 Å². The summed E-state index contributed by atoms with van der Waals surface area (Å²) in [4.78, 5) is 0. The maximum Gasteiger partial charge on any atom is 0.0939 e. The number of hydrogen-bond donors (Lipinski definition) is 2. The van der Waals surface area contributed by atoms with Gasteiger partial charge in [-0.15, -0.1) is 0 Å². The van der Waals surface area contributed by atoms with E-state index >= 15 is 0 Å².